The van der Waals surface area contributed by atoms with Crippen molar-refractivity contribution in [2.45, 2.75) is 39.3 Å². The van der Waals surface area contributed by atoms with Crippen molar-refractivity contribution in [3.8, 4) is 0 Å². The van der Waals surface area contributed by atoms with Crippen LogP contribution in [0.25, 0.3) is 0 Å². The Balaban J connectivity index is 2.29. The summed E-state index contributed by atoms with van der Waals surface area (Å²) in [5, 5.41) is 4.99. The van der Waals surface area contributed by atoms with Crippen molar-refractivity contribution in [2.24, 2.45) is 0 Å². The number of amides is 2. The number of benzene rings is 2. The van der Waals surface area contributed by atoms with Gasteiger partial charge in [0.05, 0.1) is 21.8 Å². The van der Waals surface area contributed by atoms with Crippen LogP contribution in [0.4, 0.5) is 14.9 Å². The number of hydrogen-bond acceptors (Lipinski definition) is 4. The van der Waals surface area contributed by atoms with Gasteiger partial charge in [-0.1, -0.05) is 23.7 Å². The van der Waals surface area contributed by atoms with E-state index in [0.29, 0.717) is 4.47 Å². The molecule has 2 aromatic carbocycles. The standard InChI is InChI=1S/C21H21BrClFN2O4/c1-11(25-20(29)30-21(2,3)4)19(28)26-15-10-9-13(22)17(23)16(15)18(27)12-7-5-6-8-14(12)24/h5-11H,1-4H3,(H,25,29)(H,26,28). The number of ketones is 1. The van der Waals surface area contributed by atoms with E-state index in [4.69, 9.17) is 16.3 Å². The van der Waals surface area contributed by atoms with Crippen molar-refractivity contribution in [2.75, 3.05) is 5.32 Å². The van der Waals surface area contributed by atoms with Gasteiger partial charge >= 0.3 is 6.09 Å². The van der Waals surface area contributed by atoms with Crippen LogP contribution in [0, 0.1) is 5.82 Å². The first-order chi connectivity index (χ1) is 13.9. The Hall–Kier alpha value is -2.45. The monoisotopic (exact) mass is 498 g/mol. The Labute approximate surface area is 187 Å². The predicted molar refractivity (Wildman–Crippen MR) is 116 cm³/mol. The molecule has 9 heteroatoms. The molecule has 2 amide bonds. The van der Waals surface area contributed by atoms with Gasteiger partial charge in [0.2, 0.25) is 5.91 Å². The van der Waals surface area contributed by atoms with Gasteiger partial charge in [-0.15, -0.1) is 0 Å². The second kappa shape index (κ2) is 9.57. The number of alkyl carbamates (subject to hydrolysis) is 1. The Morgan fingerprint density at radius 1 is 1.13 bits per heavy atom. The summed E-state index contributed by atoms with van der Waals surface area (Å²) in [5.74, 6) is -2.01. The lowest BCUT2D eigenvalue weighted by atomic mass is 10.0. The summed E-state index contributed by atoms with van der Waals surface area (Å²) in [7, 11) is 0. The van der Waals surface area contributed by atoms with E-state index in [9.17, 15) is 18.8 Å². The van der Waals surface area contributed by atoms with Crippen LogP contribution < -0.4 is 10.6 Å². The number of rotatable bonds is 5. The molecule has 0 saturated heterocycles. The molecule has 6 nitrogen and oxygen atoms in total. The summed E-state index contributed by atoms with van der Waals surface area (Å²) < 4.78 is 19.7. The molecule has 0 heterocycles. The lowest BCUT2D eigenvalue weighted by molar-refractivity contribution is -0.117. The largest absolute Gasteiger partial charge is 0.444 e. The van der Waals surface area contributed by atoms with Crippen molar-refractivity contribution in [3.63, 3.8) is 0 Å². The molecule has 0 aliphatic rings. The molecule has 0 aliphatic heterocycles. The molecule has 30 heavy (non-hydrogen) atoms. The zero-order valence-corrected chi connectivity index (χ0v) is 19.2. The fourth-order valence-electron chi connectivity index (χ4n) is 2.45. The van der Waals surface area contributed by atoms with Crippen LogP contribution in [0.15, 0.2) is 40.9 Å². The van der Waals surface area contributed by atoms with Gasteiger partial charge in [0.1, 0.15) is 17.5 Å². The van der Waals surface area contributed by atoms with Gasteiger partial charge in [0.25, 0.3) is 0 Å². The van der Waals surface area contributed by atoms with Crippen molar-refractivity contribution < 1.29 is 23.5 Å². The van der Waals surface area contributed by atoms with E-state index in [1.807, 2.05) is 0 Å². The summed E-state index contributed by atoms with van der Waals surface area (Å²) in [5.41, 5.74) is -0.903. The summed E-state index contributed by atoms with van der Waals surface area (Å²) >= 11 is 9.52. The molecule has 2 rings (SSSR count). The van der Waals surface area contributed by atoms with Gasteiger partial charge in [-0.05, 0) is 67.9 Å². The maximum absolute atomic E-state index is 14.1. The molecule has 1 unspecified atom stereocenters. The SMILES string of the molecule is CC(NC(=O)OC(C)(C)C)C(=O)Nc1ccc(Br)c(Cl)c1C(=O)c1ccccc1F. The zero-order chi connectivity index (χ0) is 22.6. The molecule has 0 spiro atoms. The summed E-state index contributed by atoms with van der Waals surface area (Å²) in [4.78, 5) is 37.4. The number of carbonyl (C=O) groups excluding carboxylic acids is 3. The van der Waals surface area contributed by atoms with Gasteiger partial charge in [-0.2, -0.15) is 0 Å². The fourth-order valence-corrected chi connectivity index (χ4v) is 3.03. The number of halogens is 3. The Bertz CT molecular complexity index is 991. The number of nitrogens with one attached hydrogen (secondary N) is 2. The van der Waals surface area contributed by atoms with Crippen LogP contribution in [-0.4, -0.2) is 29.4 Å². The number of anilines is 1. The molecule has 0 saturated carbocycles. The lowest BCUT2D eigenvalue weighted by Crippen LogP contribution is -2.44. The highest BCUT2D eigenvalue weighted by molar-refractivity contribution is 9.10. The Morgan fingerprint density at radius 3 is 2.37 bits per heavy atom. The van der Waals surface area contributed by atoms with Crippen LogP contribution in [0.2, 0.25) is 5.02 Å². The third-order valence-corrected chi connectivity index (χ3v) is 5.11. The summed E-state index contributed by atoms with van der Waals surface area (Å²) in [6, 6.07) is 7.50. The minimum Gasteiger partial charge on any atom is -0.444 e. The third-order valence-electron chi connectivity index (χ3n) is 3.82. The second-order valence-electron chi connectivity index (χ2n) is 7.45. The van der Waals surface area contributed by atoms with Crippen LogP contribution in [0.5, 0.6) is 0 Å². The van der Waals surface area contributed by atoms with Gasteiger partial charge in [-0.25, -0.2) is 9.18 Å². The van der Waals surface area contributed by atoms with Gasteiger partial charge in [-0.3, -0.25) is 9.59 Å². The van der Waals surface area contributed by atoms with Gasteiger partial charge in [0, 0.05) is 4.47 Å². The normalized spacial score (nSPS) is 12.1. The molecule has 2 N–H and O–H groups in total. The van der Waals surface area contributed by atoms with Crippen LogP contribution in [0.3, 0.4) is 0 Å². The molecule has 160 valence electrons. The third kappa shape index (κ3) is 6.03. The smallest absolute Gasteiger partial charge is 0.408 e. The zero-order valence-electron chi connectivity index (χ0n) is 16.8. The van der Waals surface area contributed by atoms with E-state index in [1.165, 1.54) is 31.2 Å². The van der Waals surface area contributed by atoms with Crippen LogP contribution in [-0.2, 0) is 9.53 Å². The fraction of sp³-hybridized carbons (Fsp3) is 0.286. The quantitative estimate of drug-likeness (QED) is 0.545. The van der Waals surface area contributed by atoms with Crippen molar-refractivity contribution in [3.05, 3.63) is 62.8 Å². The van der Waals surface area contributed by atoms with E-state index >= 15 is 0 Å². The van der Waals surface area contributed by atoms with E-state index < -0.39 is 35.2 Å². The topological polar surface area (TPSA) is 84.5 Å². The number of ether oxygens (including phenoxy) is 1. The highest BCUT2D eigenvalue weighted by atomic mass is 79.9. The summed E-state index contributed by atoms with van der Waals surface area (Å²) in [6.45, 7) is 6.54. The molecule has 0 aliphatic carbocycles. The van der Waals surface area contributed by atoms with E-state index in [2.05, 4.69) is 26.6 Å². The van der Waals surface area contributed by atoms with E-state index in [1.54, 1.807) is 26.8 Å². The maximum Gasteiger partial charge on any atom is 0.408 e. The number of carbonyl (C=O) groups is 3. The molecular weight excluding hydrogens is 479 g/mol. The molecule has 0 bridgehead atoms. The van der Waals surface area contributed by atoms with Crippen molar-refractivity contribution >= 4 is 51.0 Å². The Morgan fingerprint density at radius 2 is 1.77 bits per heavy atom. The number of hydrogen-bond donors (Lipinski definition) is 2. The average molecular weight is 500 g/mol. The minimum atomic E-state index is -0.973. The van der Waals surface area contributed by atoms with E-state index in [-0.39, 0.29) is 21.8 Å². The van der Waals surface area contributed by atoms with Crippen LogP contribution >= 0.6 is 27.5 Å². The highest BCUT2D eigenvalue weighted by Gasteiger charge is 2.25. The van der Waals surface area contributed by atoms with Gasteiger partial charge < -0.3 is 15.4 Å². The first-order valence-electron chi connectivity index (χ1n) is 8.98. The van der Waals surface area contributed by atoms with E-state index in [0.717, 1.165) is 6.07 Å². The molecule has 0 radical (unpaired) electrons. The lowest BCUT2D eigenvalue weighted by Gasteiger charge is -2.22. The molecule has 1 atom stereocenters. The molecule has 0 aromatic heterocycles. The predicted octanol–water partition coefficient (Wildman–Crippen LogP) is 5.32. The minimum absolute atomic E-state index is 0.0220. The molecule has 2 aromatic rings. The Kier molecular flexibility index (Phi) is 7.60. The van der Waals surface area contributed by atoms with Crippen molar-refractivity contribution in [1.82, 2.24) is 5.32 Å². The average Bonchev–Trinajstić information content (AvgIpc) is 2.63. The summed E-state index contributed by atoms with van der Waals surface area (Å²) in [6.07, 6.45) is -0.762. The van der Waals surface area contributed by atoms with Crippen LogP contribution in [0.1, 0.15) is 43.6 Å². The first kappa shape index (κ1) is 23.8. The van der Waals surface area contributed by atoms with Gasteiger partial charge in [0.15, 0.2) is 5.78 Å². The van der Waals surface area contributed by atoms with Crippen molar-refractivity contribution in [1.29, 1.82) is 0 Å². The first-order valence-corrected chi connectivity index (χ1v) is 10.2. The maximum atomic E-state index is 14.1. The highest BCUT2D eigenvalue weighted by Crippen LogP contribution is 2.34. The molecule has 0 fully saturated rings. The molecular formula is C21H21BrClFN2O4. The second-order valence-corrected chi connectivity index (χ2v) is 8.68.